The summed E-state index contributed by atoms with van der Waals surface area (Å²) in [6, 6.07) is 7.38. The largest absolute Gasteiger partial charge is 0.416 e. The van der Waals surface area contributed by atoms with Crippen LogP contribution in [-0.4, -0.2) is 0 Å². The Hall–Kier alpha value is -2.23. The van der Waals surface area contributed by atoms with E-state index in [4.69, 9.17) is 0 Å². The molecule has 2 rings (SSSR count). The molecule has 0 fully saturated rings. The number of anilines is 1. The Morgan fingerprint density at radius 2 is 1.50 bits per heavy atom. The Bertz CT molecular complexity index is 929. The van der Waals surface area contributed by atoms with Crippen molar-refractivity contribution >= 4 is 15.9 Å². The van der Waals surface area contributed by atoms with Crippen LogP contribution in [0.5, 0.6) is 0 Å². The minimum atomic E-state index is -9.80. The van der Waals surface area contributed by atoms with Gasteiger partial charge >= 0.3 is 16.4 Å². The first-order chi connectivity index (χ1) is 13.3. The first-order valence-corrected chi connectivity index (χ1v) is 10.7. The predicted molar refractivity (Wildman–Crippen MR) is 104 cm³/mol. The van der Waals surface area contributed by atoms with E-state index in [1.165, 1.54) is 18.2 Å². The maximum absolute atomic E-state index is 13.0. The van der Waals surface area contributed by atoms with E-state index in [2.05, 4.69) is 11.9 Å². The third-order valence-corrected chi connectivity index (χ3v) is 5.86. The molecule has 30 heavy (non-hydrogen) atoms. The Morgan fingerprint density at radius 3 is 2.00 bits per heavy atom. The zero-order valence-corrected chi connectivity index (χ0v) is 17.0. The lowest BCUT2D eigenvalue weighted by Crippen LogP contribution is -2.21. The van der Waals surface area contributed by atoms with Gasteiger partial charge in [0, 0.05) is 16.8 Å². The van der Waals surface area contributed by atoms with Crippen LogP contribution in [0.1, 0.15) is 31.4 Å². The molecule has 1 nitrogen and oxygen atoms in total. The molecule has 0 spiro atoms. The van der Waals surface area contributed by atoms with Gasteiger partial charge in [0.05, 0.1) is 5.56 Å². The van der Waals surface area contributed by atoms with Crippen LogP contribution in [0, 0.1) is 5.41 Å². The number of alkyl halides is 3. The van der Waals surface area contributed by atoms with Gasteiger partial charge in [-0.15, -0.1) is 0 Å². The first-order valence-electron chi connectivity index (χ1n) is 8.75. The van der Waals surface area contributed by atoms with Crippen LogP contribution in [0.2, 0.25) is 0 Å². The van der Waals surface area contributed by atoms with Gasteiger partial charge in [-0.05, 0) is 48.7 Å². The molecule has 1 N–H and O–H groups in total. The van der Waals surface area contributed by atoms with Crippen LogP contribution < -0.4 is 5.32 Å². The average molecular weight is 459 g/mol. The molecule has 0 radical (unpaired) electrons. The summed E-state index contributed by atoms with van der Waals surface area (Å²) in [5.41, 5.74) is -0.706. The lowest BCUT2D eigenvalue weighted by atomic mass is 9.83. The molecule has 0 saturated heterocycles. The van der Waals surface area contributed by atoms with Gasteiger partial charge in [-0.25, -0.2) is 0 Å². The molecule has 0 aliphatic rings. The van der Waals surface area contributed by atoms with E-state index in [9.17, 15) is 32.6 Å². The van der Waals surface area contributed by atoms with Gasteiger partial charge in [0.25, 0.3) is 0 Å². The highest BCUT2D eigenvalue weighted by molar-refractivity contribution is 8.45. The van der Waals surface area contributed by atoms with E-state index in [1.54, 1.807) is 13.8 Å². The van der Waals surface area contributed by atoms with Gasteiger partial charge in [0.2, 0.25) is 0 Å². The second-order valence-electron chi connectivity index (χ2n) is 7.68. The average Bonchev–Trinajstić information content (AvgIpc) is 2.58. The zero-order chi connectivity index (χ0) is 23.1. The van der Waals surface area contributed by atoms with Crippen LogP contribution in [0.25, 0.3) is 0 Å². The van der Waals surface area contributed by atoms with Crippen molar-refractivity contribution in [3.8, 4) is 0 Å². The van der Waals surface area contributed by atoms with Gasteiger partial charge in [0.15, 0.2) is 0 Å². The van der Waals surface area contributed by atoms with Crippen molar-refractivity contribution in [3.63, 3.8) is 0 Å². The van der Waals surface area contributed by atoms with Gasteiger partial charge in [-0.1, -0.05) is 58.1 Å². The van der Waals surface area contributed by atoms with Gasteiger partial charge in [-0.3, -0.25) is 0 Å². The number of halogens is 8. The summed E-state index contributed by atoms with van der Waals surface area (Å²) >= 11 is 0. The Labute approximate surface area is 169 Å². The number of benzene rings is 2. The predicted octanol–water partition coefficient (Wildman–Crippen LogP) is 8.95. The van der Waals surface area contributed by atoms with Gasteiger partial charge in [-0.2, -0.15) is 13.2 Å². The zero-order valence-electron chi connectivity index (χ0n) is 16.2. The molecule has 0 heterocycles. The van der Waals surface area contributed by atoms with Crippen LogP contribution in [0.15, 0.2) is 65.7 Å². The second kappa shape index (κ2) is 6.90. The van der Waals surface area contributed by atoms with Crippen molar-refractivity contribution in [1.82, 2.24) is 0 Å². The smallest absolute Gasteiger partial charge is 0.359 e. The molecular formula is C20H21F8NS. The molecule has 0 aliphatic heterocycles. The minimum absolute atomic E-state index is 0.187. The fourth-order valence-corrected chi connectivity index (χ4v) is 3.31. The fourth-order valence-electron chi connectivity index (χ4n) is 2.63. The van der Waals surface area contributed by atoms with E-state index in [0.717, 1.165) is 18.2 Å². The lowest BCUT2D eigenvalue weighted by molar-refractivity contribution is -0.137. The number of aryl methyl sites for hydroxylation is 1. The summed E-state index contributed by atoms with van der Waals surface area (Å²) in [5, 5.41) is 2.64. The SMILES string of the molecule is C=C(Nc1cccc(S(F)(F)(F)(F)F)c1)C(C)(C)CCc1ccc(C(F)(F)F)cc1. The van der Waals surface area contributed by atoms with Crippen LogP contribution in [-0.2, 0) is 12.6 Å². The number of hydrogen-bond donors (Lipinski definition) is 1. The molecule has 0 bridgehead atoms. The maximum atomic E-state index is 13.0. The summed E-state index contributed by atoms with van der Waals surface area (Å²) < 4.78 is 103. The van der Waals surface area contributed by atoms with E-state index in [1.807, 2.05) is 0 Å². The standard InChI is InChI=1S/C20H21F8NS/c1-14(29-17-5-4-6-18(13-17)30(24,25,26,27)28)19(2,3)12-11-15-7-9-16(10-8-15)20(21,22)23/h4-10,13,29H,1,11-12H2,2-3H3. The van der Waals surface area contributed by atoms with Crippen molar-refractivity contribution in [1.29, 1.82) is 0 Å². The molecule has 0 amide bonds. The topological polar surface area (TPSA) is 12.0 Å². The molecule has 2 aromatic rings. The van der Waals surface area contributed by atoms with Crippen molar-refractivity contribution < 1.29 is 32.6 Å². The monoisotopic (exact) mass is 459 g/mol. The normalized spacial score (nSPS) is 15.3. The molecule has 2 aromatic carbocycles. The van der Waals surface area contributed by atoms with Gasteiger partial charge in [0.1, 0.15) is 4.90 Å². The molecular weight excluding hydrogens is 438 g/mol. The summed E-state index contributed by atoms with van der Waals surface area (Å²) in [4.78, 5) is -2.00. The fraction of sp³-hybridized carbons (Fsp3) is 0.300. The van der Waals surface area contributed by atoms with Crippen LogP contribution in [0.4, 0.5) is 38.3 Å². The number of hydrogen-bond acceptors (Lipinski definition) is 1. The number of allylic oxidation sites excluding steroid dienone is 1. The van der Waals surface area contributed by atoms with Crippen LogP contribution in [0.3, 0.4) is 0 Å². The highest BCUT2D eigenvalue weighted by atomic mass is 32.5. The highest BCUT2D eigenvalue weighted by Gasteiger charge is 2.65. The molecule has 10 heteroatoms. The van der Waals surface area contributed by atoms with Crippen molar-refractivity contribution in [2.24, 2.45) is 5.41 Å². The highest BCUT2D eigenvalue weighted by Crippen LogP contribution is 3.02. The third-order valence-electron chi connectivity index (χ3n) is 4.71. The van der Waals surface area contributed by atoms with Crippen molar-refractivity contribution in [2.45, 2.75) is 37.8 Å². The quantitative estimate of drug-likeness (QED) is 0.408. The molecule has 0 aromatic heterocycles. The van der Waals surface area contributed by atoms with E-state index in [-0.39, 0.29) is 11.4 Å². The number of rotatable bonds is 7. The summed E-state index contributed by atoms with van der Waals surface area (Å²) in [6.45, 7) is 7.26. The van der Waals surface area contributed by atoms with Crippen LogP contribution >= 0.6 is 10.2 Å². The van der Waals surface area contributed by atoms with Crippen molar-refractivity contribution in [2.75, 3.05) is 5.32 Å². The summed E-state index contributed by atoms with van der Waals surface area (Å²) in [5.74, 6) is 0. The molecule has 168 valence electrons. The Morgan fingerprint density at radius 1 is 0.933 bits per heavy atom. The number of nitrogens with one attached hydrogen (secondary N) is 1. The Kier molecular flexibility index (Phi) is 5.53. The van der Waals surface area contributed by atoms with E-state index >= 15 is 0 Å². The molecule has 0 aliphatic carbocycles. The molecule has 0 atom stereocenters. The first kappa shape index (κ1) is 24.0. The van der Waals surface area contributed by atoms with Crippen molar-refractivity contribution in [3.05, 3.63) is 71.9 Å². The van der Waals surface area contributed by atoms with Gasteiger partial charge < -0.3 is 5.32 Å². The summed E-state index contributed by atoms with van der Waals surface area (Å²) in [6.07, 6.45) is -3.64. The summed E-state index contributed by atoms with van der Waals surface area (Å²) in [7, 11) is -9.80. The minimum Gasteiger partial charge on any atom is -0.359 e. The van der Waals surface area contributed by atoms with E-state index in [0.29, 0.717) is 30.5 Å². The molecule has 0 saturated carbocycles. The lowest BCUT2D eigenvalue weighted by Gasteiger charge is -2.40. The third kappa shape index (κ3) is 6.38. The maximum Gasteiger partial charge on any atom is 0.416 e. The second-order valence-corrected chi connectivity index (χ2v) is 10.1. The Balaban J connectivity index is 2.08. The van der Waals surface area contributed by atoms with E-state index < -0.39 is 32.3 Å². The molecule has 0 unspecified atom stereocenters.